The minimum atomic E-state index is -3.37. The zero-order chi connectivity index (χ0) is 23.3. The molecule has 0 aromatic heterocycles. The van der Waals surface area contributed by atoms with Crippen LogP contribution in [0.4, 0.5) is 4.39 Å². The van der Waals surface area contributed by atoms with E-state index in [1.54, 1.807) is 12.1 Å². The van der Waals surface area contributed by atoms with Crippen molar-refractivity contribution in [3.8, 4) is 6.07 Å². The number of hydrogen-bond acceptors (Lipinski definition) is 6. The number of halogens is 1. The second-order valence-electron chi connectivity index (χ2n) is 9.04. The Balaban J connectivity index is 1.32. The third-order valence-corrected chi connectivity index (χ3v) is 8.20. The lowest BCUT2D eigenvalue weighted by molar-refractivity contribution is -0.0511. The van der Waals surface area contributed by atoms with E-state index in [9.17, 15) is 12.8 Å². The highest BCUT2D eigenvalue weighted by molar-refractivity contribution is 7.91. The monoisotopic (exact) mass is 471 g/mol. The average Bonchev–Trinajstić information content (AvgIpc) is 2.76. The van der Waals surface area contributed by atoms with E-state index in [1.165, 1.54) is 24.3 Å². The molecule has 0 spiro atoms. The SMILES string of the molecule is N#Cc1ccc(S(=O)(=O)CCCN2CC3CCOC(C2)CN(Cc2ccc(F)cc2)C3)cc1. The van der Waals surface area contributed by atoms with Gasteiger partial charge in [0, 0.05) is 39.3 Å². The Morgan fingerprint density at radius 2 is 1.70 bits per heavy atom. The predicted octanol–water partition coefficient (Wildman–Crippen LogP) is 3.08. The number of nitrogens with zero attached hydrogens (tertiary/aromatic N) is 3. The summed E-state index contributed by atoms with van der Waals surface area (Å²) in [6.45, 7) is 5.74. The summed E-state index contributed by atoms with van der Waals surface area (Å²) in [5, 5.41) is 8.90. The van der Waals surface area contributed by atoms with Gasteiger partial charge >= 0.3 is 0 Å². The van der Waals surface area contributed by atoms with Gasteiger partial charge in [0.1, 0.15) is 5.82 Å². The van der Waals surface area contributed by atoms with Gasteiger partial charge in [0.05, 0.1) is 28.4 Å². The fraction of sp³-hybridized carbons (Fsp3) is 0.480. The minimum Gasteiger partial charge on any atom is -0.376 e. The molecule has 2 atom stereocenters. The summed E-state index contributed by atoms with van der Waals surface area (Å²) in [4.78, 5) is 5.01. The molecule has 33 heavy (non-hydrogen) atoms. The molecule has 2 aromatic carbocycles. The van der Waals surface area contributed by atoms with Crippen molar-refractivity contribution in [3.63, 3.8) is 0 Å². The van der Waals surface area contributed by atoms with Crippen LogP contribution in [0.15, 0.2) is 53.4 Å². The zero-order valence-electron chi connectivity index (χ0n) is 18.7. The number of nitriles is 1. The molecule has 2 bridgehead atoms. The molecule has 3 fully saturated rings. The Labute approximate surface area is 195 Å². The molecule has 0 aliphatic carbocycles. The molecule has 3 aliphatic rings. The van der Waals surface area contributed by atoms with Crippen molar-refractivity contribution in [3.05, 3.63) is 65.5 Å². The van der Waals surface area contributed by atoms with Gasteiger partial charge in [-0.2, -0.15) is 5.26 Å². The van der Waals surface area contributed by atoms with Crippen LogP contribution < -0.4 is 0 Å². The summed E-state index contributed by atoms with van der Waals surface area (Å²) in [5.74, 6) is 0.313. The maximum atomic E-state index is 13.2. The smallest absolute Gasteiger partial charge is 0.178 e. The van der Waals surface area contributed by atoms with Crippen LogP contribution >= 0.6 is 0 Å². The van der Waals surface area contributed by atoms with Crippen LogP contribution in [0.5, 0.6) is 0 Å². The highest BCUT2D eigenvalue weighted by Crippen LogP contribution is 2.22. The molecule has 3 saturated heterocycles. The number of benzene rings is 2. The lowest BCUT2D eigenvalue weighted by atomic mass is 9.99. The third kappa shape index (κ3) is 6.61. The maximum Gasteiger partial charge on any atom is 0.178 e. The maximum absolute atomic E-state index is 13.2. The fourth-order valence-electron chi connectivity index (χ4n) is 4.75. The van der Waals surface area contributed by atoms with E-state index in [4.69, 9.17) is 10.00 Å². The summed E-state index contributed by atoms with van der Waals surface area (Å²) in [7, 11) is -3.37. The second kappa shape index (κ2) is 10.7. The van der Waals surface area contributed by atoms with Crippen molar-refractivity contribution in [2.75, 3.05) is 45.1 Å². The summed E-state index contributed by atoms with van der Waals surface area (Å²) in [5.41, 5.74) is 1.55. The lowest BCUT2D eigenvalue weighted by Gasteiger charge is -2.41. The summed E-state index contributed by atoms with van der Waals surface area (Å²) in [6.07, 6.45) is 1.61. The fourth-order valence-corrected chi connectivity index (χ4v) is 6.05. The Bertz CT molecular complexity index is 1050. The minimum absolute atomic E-state index is 0.0711. The van der Waals surface area contributed by atoms with Gasteiger partial charge in [-0.05, 0) is 67.3 Å². The molecule has 0 saturated carbocycles. The van der Waals surface area contributed by atoms with Crippen LogP contribution in [-0.2, 0) is 21.1 Å². The topological polar surface area (TPSA) is 73.6 Å². The molecule has 3 heterocycles. The van der Waals surface area contributed by atoms with Gasteiger partial charge in [-0.15, -0.1) is 0 Å². The van der Waals surface area contributed by atoms with E-state index in [-0.39, 0.29) is 22.6 Å². The quantitative estimate of drug-likeness (QED) is 0.618. The number of fused-ring (bicyclic) bond motifs is 6. The zero-order valence-corrected chi connectivity index (χ0v) is 19.5. The molecular weight excluding hydrogens is 441 g/mol. The van der Waals surface area contributed by atoms with Gasteiger partial charge in [0.15, 0.2) is 9.84 Å². The molecule has 6 nitrogen and oxygen atoms in total. The highest BCUT2D eigenvalue weighted by atomic mass is 32.2. The van der Waals surface area contributed by atoms with Gasteiger partial charge in [-0.25, -0.2) is 12.8 Å². The molecule has 0 N–H and O–H groups in total. The highest BCUT2D eigenvalue weighted by Gasteiger charge is 2.29. The predicted molar refractivity (Wildman–Crippen MR) is 124 cm³/mol. The molecule has 5 rings (SSSR count). The van der Waals surface area contributed by atoms with E-state index in [0.29, 0.717) is 24.4 Å². The van der Waals surface area contributed by atoms with Crippen LogP contribution in [0.3, 0.4) is 0 Å². The first-order valence-corrected chi connectivity index (χ1v) is 13.1. The number of sulfone groups is 1. The summed E-state index contributed by atoms with van der Waals surface area (Å²) in [6, 6.07) is 14.8. The number of ether oxygens (including phenoxy) is 1. The van der Waals surface area contributed by atoms with Crippen molar-refractivity contribution in [1.82, 2.24) is 9.80 Å². The van der Waals surface area contributed by atoms with Crippen LogP contribution in [0.25, 0.3) is 0 Å². The van der Waals surface area contributed by atoms with Gasteiger partial charge in [0.25, 0.3) is 0 Å². The van der Waals surface area contributed by atoms with Crippen LogP contribution in [0, 0.1) is 23.1 Å². The third-order valence-electron chi connectivity index (χ3n) is 6.39. The van der Waals surface area contributed by atoms with E-state index < -0.39 is 9.84 Å². The van der Waals surface area contributed by atoms with Crippen LogP contribution in [0.2, 0.25) is 0 Å². The van der Waals surface area contributed by atoms with Gasteiger partial charge < -0.3 is 9.64 Å². The normalized spacial score (nSPS) is 22.3. The van der Waals surface area contributed by atoms with E-state index in [1.807, 2.05) is 18.2 Å². The van der Waals surface area contributed by atoms with Crippen LogP contribution in [-0.4, -0.2) is 69.4 Å². The molecule has 8 heteroatoms. The Morgan fingerprint density at radius 3 is 2.42 bits per heavy atom. The lowest BCUT2D eigenvalue weighted by Crippen LogP contribution is -2.51. The van der Waals surface area contributed by atoms with Crippen molar-refractivity contribution in [2.45, 2.75) is 30.4 Å². The molecule has 2 unspecified atom stereocenters. The second-order valence-corrected chi connectivity index (χ2v) is 11.1. The number of hydrogen-bond donors (Lipinski definition) is 0. The standard InChI is InChI=1S/C25H30FN3O3S/c26-23-6-2-21(3-7-23)15-29-17-22-10-12-32-24(19-29)18-28(16-22)11-1-13-33(30,31)25-8-4-20(14-27)5-9-25/h2-9,22,24H,1,10-13,15-19H2. The van der Waals surface area contributed by atoms with Crippen LogP contribution in [0.1, 0.15) is 24.0 Å². The molecule has 176 valence electrons. The summed E-state index contributed by atoms with van der Waals surface area (Å²) >= 11 is 0. The molecule has 3 aliphatic heterocycles. The summed E-state index contributed by atoms with van der Waals surface area (Å²) < 4.78 is 44.7. The Morgan fingerprint density at radius 1 is 1.00 bits per heavy atom. The van der Waals surface area contributed by atoms with E-state index in [2.05, 4.69) is 9.80 Å². The Hall–Kier alpha value is -2.31. The molecule has 0 amide bonds. The first-order valence-electron chi connectivity index (χ1n) is 11.4. The van der Waals surface area contributed by atoms with Crippen molar-refractivity contribution >= 4 is 9.84 Å². The average molecular weight is 472 g/mol. The first-order chi connectivity index (χ1) is 15.9. The Kier molecular flexibility index (Phi) is 7.76. The van der Waals surface area contributed by atoms with Crippen molar-refractivity contribution < 1.29 is 17.5 Å². The van der Waals surface area contributed by atoms with Gasteiger partial charge in [-0.3, -0.25) is 4.90 Å². The number of rotatable bonds is 7. The molecular formula is C25H30FN3O3S. The van der Waals surface area contributed by atoms with Crippen molar-refractivity contribution in [2.24, 2.45) is 5.92 Å². The van der Waals surface area contributed by atoms with Gasteiger partial charge in [0.2, 0.25) is 0 Å². The van der Waals surface area contributed by atoms with E-state index in [0.717, 1.165) is 51.3 Å². The van der Waals surface area contributed by atoms with E-state index >= 15 is 0 Å². The van der Waals surface area contributed by atoms with Gasteiger partial charge in [-0.1, -0.05) is 12.1 Å². The molecule has 0 radical (unpaired) electrons. The first kappa shape index (κ1) is 23.8. The van der Waals surface area contributed by atoms with Crippen molar-refractivity contribution in [1.29, 1.82) is 5.26 Å². The molecule has 2 aromatic rings. The largest absolute Gasteiger partial charge is 0.376 e.